The Hall–Kier alpha value is -1.05. The van der Waals surface area contributed by atoms with Crippen molar-refractivity contribution < 1.29 is 9.90 Å². The van der Waals surface area contributed by atoms with Crippen LogP contribution in [-0.2, 0) is 4.79 Å². The van der Waals surface area contributed by atoms with Crippen LogP contribution in [-0.4, -0.2) is 11.1 Å². The van der Waals surface area contributed by atoms with Crippen LogP contribution >= 0.6 is 0 Å². The third-order valence-corrected chi connectivity index (χ3v) is 2.34. The van der Waals surface area contributed by atoms with Crippen molar-refractivity contribution >= 4 is 5.97 Å². The maximum atomic E-state index is 9.25. The van der Waals surface area contributed by atoms with E-state index in [4.69, 9.17) is 5.11 Å². The second-order valence-corrected chi connectivity index (χ2v) is 3.26. The molecule has 12 heavy (non-hydrogen) atoms. The van der Waals surface area contributed by atoms with Gasteiger partial charge in [-0.25, -0.2) is 4.79 Å². The molecule has 0 spiro atoms. The molecule has 2 nitrogen and oxygen atoms in total. The van der Waals surface area contributed by atoms with Crippen molar-refractivity contribution in [3.63, 3.8) is 0 Å². The minimum Gasteiger partial charge on any atom is -0.478 e. The summed E-state index contributed by atoms with van der Waals surface area (Å²) in [5.74, 6) is 1.00. The number of hydrogen-bond donors (Lipinski definition) is 1. The average Bonchev–Trinajstić information content (AvgIpc) is 2.67. The van der Waals surface area contributed by atoms with Crippen LogP contribution in [0, 0.1) is 11.8 Å². The Kier molecular flexibility index (Phi) is 3.09. The number of aliphatic carboxylic acids is 1. The predicted octanol–water partition coefficient (Wildman–Crippen LogP) is 2.23. The van der Waals surface area contributed by atoms with Crippen molar-refractivity contribution in [1.82, 2.24) is 0 Å². The fourth-order valence-electron chi connectivity index (χ4n) is 1.72. The maximum Gasteiger partial charge on any atom is 0.327 e. The van der Waals surface area contributed by atoms with Crippen LogP contribution < -0.4 is 0 Å². The summed E-state index contributed by atoms with van der Waals surface area (Å²) in [5, 5.41) is 7.60. The van der Waals surface area contributed by atoms with Gasteiger partial charge in [-0.05, 0) is 31.1 Å². The molecule has 2 heteroatoms. The molecule has 0 heterocycles. The molecule has 2 bridgehead atoms. The van der Waals surface area contributed by atoms with E-state index in [1.807, 2.05) is 0 Å². The Morgan fingerprint density at radius 3 is 1.92 bits per heavy atom. The van der Waals surface area contributed by atoms with Crippen LogP contribution in [0.4, 0.5) is 0 Å². The molecule has 2 unspecified atom stereocenters. The molecular weight excluding hydrogens is 152 g/mol. The van der Waals surface area contributed by atoms with E-state index in [2.05, 4.69) is 18.7 Å². The number of allylic oxidation sites excluding steroid dienone is 2. The lowest BCUT2D eigenvalue weighted by Crippen LogP contribution is -1.82. The molecule has 1 saturated carbocycles. The lowest BCUT2D eigenvalue weighted by atomic mass is 10.1. The lowest BCUT2D eigenvalue weighted by molar-refractivity contribution is -0.131. The van der Waals surface area contributed by atoms with E-state index in [1.54, 1.807) is 0 Å². The zero-order valence-corrected chi connectivity index (χ0v) is 7.07. The number of carboxylic acids is 1. The van der Waals surface area contributed by atoms with Gasteiger partial charge in [0, 0.05) is 6.08 Å². The third kappa shape index (κ3) is 2.53. The molecule has 0 aromatic rings. The Balaban J connectivity index is 0.000000130. The van der Waals surface area contributed by atoms with Crippen LogP contribution in [0.25, 0.3) is 0 Å². The Morgan fingerprint density at radius 2 is 1.83 bits per heavy atom. The van der Waals surface area contributed by atoms with Gasteiger partial charge in [0.2, 0.25) is 0 Å². The number of rotatable bonds is 1. The molecule has 0 aliphatic heterocycles. The molecule has 2 aliphatic carbocycles. The topological polar surface area (TPSA) is 37.3 Å². The van der Waals surface area contributed by atoms with Crippen LogP contribution in [0.5, 0.6) is 0 Å². The standard InChI is InChI=1S/C7H10.C3H4O2/c1-2-7-4-3-6(1)5-7;1-2-3(4)5/h1-2,6-7H,3-5H2;2H,1H2,(H,4,5). The summed E-state index contributed by atoms with van der Waals surface area (Å²) >= 11 is 0. The van der Waals surface area contributed by atoms with Crippen LogP contribution in [0.2, 0.25) is 0 Å². The van der Waals surface area contributed by atoms with Gasteiger partial charge in [-0.2, -0.15) is 0 Å². The SMILES string of the molecule is C1=CC2CCC1C2.C=CC(=O)O. The number of carbonyl (C=O) groups is 1. The highest BCUT2D eigenvalue weighted by atomic mass is 16.4. The van der Waals surface area contributed by atoms with Gasteiger partial charge in [-0.15, -0.1) is 0 Å². The summed E-state index contributed by atoms with van der Waals surface area (Å²) in [5.41, 5.74) is 0. The second kappa shape index (κ2) is 4.10. The summed E-state index contributed by atoms with van der Waals surface area (Å²) in [6, 6.07) is 0. The van der Waals surface area contributed by atoms with E-state index in [1.165, 1.54) is 19.3 Å². The van der Waals surface area contributed by atoms with E-state index < -0.39 is 5.97 Å². The third-order valence-electron chi connectivity index (χ3n) is 2.34. The van der Waals surface area contributed by atoms with Gasteiger partial charge in [0.05, 0.1) is 0 Å². The lowest BCUT2D eigenvalue weighted by Gasteiger charge is -1.96. The monoisotopic (exact) mass is 166 g/mol. The fraction of sp³-hybridized carbons (Fsp3) is 0.500. The quantitative estimate of drug-likeness (QED) is 0.479. The van der Waals surface area contributed by atoms with Crippen molar-refractivity contribution in [2.75, 3.05) is 0 Å². The van der Waals surface area contributed by atoms with Gasteiger partial charge in [0.1, 0.15) is 0 Å². The van der Waals surface area contributed by atoms with E-state index in [0.717, 1.165) is 17.9 Å². The zero-order valence-electron chi connectivity index (χ0n) is 7.07. The van der Waals surface area contributed by atoms with E-state index in [0.29, 0.717) is 0 Å². The number of fused-ring (bicyclic) bond motifs is 2. The van der Waals surface area contributed by atoms with E-state index in [-0.39, 0.29) is 0 Å². The smallest absolute Gasteiger partial charge is 0.327 e. The normalized spacial score (nSPS) is 29.3. The first-order chi connectivity index (χ1) is 5.72. The highest BCUT2D eigenvalue weighted by Crippen LogP contribution is 2.38. The van der Waals surface area contributed by atoms with E-state index >= 15 is 0 Å². The van der Waals surface area contributed by atoms with Crippen molar-refractivity contribution in [2.45, 2.75) is 19.3 Å². The van der Waals surface area contributed by atoms with Crippen molar-refractivity contribution in [2.24, 2.45) is 11.8 Å². The number of carboxylic acid groups (broad SMARTS) is 1. The molecule has 0 aromatic heterocycles. The molecule has 1 fully saturated rings. The average molecular weight is 166 g/mol. The second-order valence-electron chi connectivity index (χ2n) is 3.26. The van der Waals surface area contributed by atoms with Crippen LogP contribution in [0.3, 0.4) is 0 Å². The first-order valence-electron chi connectivity index (χ1n) is 4.26. The van der Waals surface area contributed by atoms with Crippen LogP contribution in [0.1, 0.15) is 19.3 Å². The summed E-state index contributed by atoms with van der Waals surface area (Å²) < 4.78 is 0. The Labute approximate surface area is 72.6 Å². The molecular formula is C10H14O2. The first kappa shape index (κ1) is 9.04. The van der Waals surface area contributed by atoms with E-state index in [9.17, 15) is 4.79 Å². The minimum absolute atomic E-state index is 0.833. The fourth-order valence-corrected chi connectivity index (χ4v) is 1.72. The Morgan fingerprint density at radius 1 is 1.42 bits per heavy atom. The molecule has 1 N–H and O–H groups in total. The van der Waals surface area contributed by atoms with Crippen molar-refractivity contribution in [3.05, 3.63) is 24.8 Å². The molecule has 2 rings (SSSR count). The van der Waals surface area contributed by atoms with Gasteiger partial charge in [-0.3, -0.25) is 0 Å². The van der Waals surface area contributed by atoms with Gasteiger partial charge < -0.3 is 5.11 Å². The number of hydrogen-bond acceptors (Lipinski definition) is 1. The zero-order chi connectivity index (χ0) is 8.97. The van der Waals surface area contributed by atoms with Crippen molar-refractivity contribution in [1.29, 1.82) is 0 Å². The summed E-state index contributed by atoms with van der Waals surface area (Å²) in [7, 11) is 0. The molecule has 0 aromatic carbocycles. The minimum atomic E-state index is -0.981. The molecule has 2 atom stereocenters. The maximum absolute atomic E-state index is 9.25. The molecule has 0 amide bonds. The highest BCUT2D eigenvalue weighted by molar-refractivity contribution is 5.78. The van der Waals surface area contributed by atoms with Crippen LogP contribution in [0.15, 0.2) is 24.8 Å². The van der Waals surface area contributed by atoms with Crippen molar-refractivity contribution in [3.8, 4) is 0 Å². The molecule has 0 saturated heterocycles. The predicted molar refractivity (Wildman–Crippen MR) is 47.8 cm³/mol. The highest BCUT2D eigenvalue weighted by Gasteiger charge is 2.25. The molecule has 66 valence electrons. The summed E-state index contributed by atoms with van der Waals surface area (Å²) in [6.07, 6.45) is 10.0. The largest absolute Gasteiger partial charge is 0.478 e. The Bertz CT molecular complexity index is 194. The summed E-state index contributed by atoms with van der Waals surface area (Å²) in [6.45, 7) is 2.96. The van der Waals surface area contributed by atoms with Gasteiger partial charge in [-0.1, -0.05) is 18.7 Å². The first-order valence-corrected chi connectivity index (χ1v) is 4.26. The van der Waals surface area contributed by atoms with Gasteiger partial charge in [0.15, 0.2) is 0 Å². The van der Waals surface area contributed by atoms with Gasteiger partial charge >= 0.3 is 5.97 Å². The van der Waals surface area contributed by atoms with Gasteiger partial charge in [0.25, 0.3) is 0 Å². The summed E-state index contributed by atoms with van der Waals surface area (Å²) in [4.78, 5) is 9.25. The molecule has 2 aliphatic rings. The molecule has 0 radical (unpaired) electrons.